The Morgan fingerprint density at radius 1 is 1.16 bits per heavy atom. The number of methoxy groups -OCH3 is 1. The van der Waals surface area contributed by atoms with E-state index in [1.54, 1.807) is 7.11 Å². The summed E-state index contributed by atoms with van der Waals surface area (Å²) in [7, 11) is 1.62. The fourth-order valence-electron chi connectivity index (χ4n) is 3.24. The van der Waals surface area contributed by atoms with Crippen LogP contribution in [0, 0.1) is 0 Å². The monoisotopic (exact) mass is 425 g/mol. The lowest BCUT2D eigenvalue weighted by atomic mass is 10.1. The molecule has 0 aliphatic carbocycles. The van der Waals surface area contributed by atoms with Gasteiger partial charge in [-0.1, -0.05) is 24.3 Å². The Bertz CT molecular complexity index is 998. The molecular formula is C24H31N3O4. The van der Waals surface area contributed by atoms with Gasteiger partial charge in [0.1, 0.15) is 11.5 Å². The van der Waals surface area contributed by atoms with E-state index in [9.17, 15) is 5.11 Å². The minimum Gasteiger partial charge on any atom is -0.497 e. The van der Waals surface area contributed by atoms with Gasteiger partial charge in [0.15, 0.2) is 17.3 Å². The highest BCUT2D eigenvalue weighted by Crippen LogP contribution is 2.31. The van der Waals surface area contributed by atoms with Crippen LogP contribution in [-0.4, -0.2) is 37.9 Å². The number of furan rings is 1. The van der Waals surface area contributed by atoms with Crippen LogP contribution in [0.5, 0.6) is 11.5 Å². The molecule has 1 aromatic heterocycles. The van der Waals surface area contributed by atoms with E-state index in [1.807, 2.05) is 69.3 Å². The molecule has 31 heavy (non-hydrogen) atoms. The number of guanidine groups is 1. The van der Waals surface area contributed by atoms with Gasteiger partial charge in [-0.3, -0.25) is 4.99 Å². The molecule has 166 valence electrons. The first-order valence-electron chi connectivity index (χ1n) is 10.6. The Kier molecular flexibility index (Phi) is 7.78. The molecule has 0 radical (unpaired) electrons. The fraction of sp³-hybridized carbons (Fsp3) is 0.375. The third-order valence-corrected chi connectivity index (χ3v) is 4.87. The second kappa shape index (κ2) is 10.7. The summed E-state index contributed by atoms with van der Waals surface area (Å²) >= 11 is 0. The average molecular weight is 426 g/mol. The number of ether oxygens (including phenoxy) is 2. The zero-order chi connectivity index (χ0) is 22.2. The van der Waals surface area contributed by atoms with E-state index >= 15 is 0 Å². The van der Waals surface area contributed by atoms with E-state index < -0.39 is 6.10 Å². The molecule has 0 saturated carbocycles. The summed E-state index contributed by atoms with van der Waals surface area (Å²) < 4.78 is 16.9. The SMILES string of the molecule is CCNC(=NCC(O)c1ccc(OC)cc1)NC(C)c1cc2cccc(OCC)c2o1. The summed E-state index contributed by atoms with van der Waals surface area (Å²) in [6.07, 6.45) is -0.711. The van der Waals surface area contributed by atoms with Crippen LogP contribution in [0.15, 0.2) is 57.9 Å². The van der Waals surface area contributed by atoms with Crippen LogP contribution >= 0.6 is 0 Å². The van der Waals surface area contributed by atoms with Crippen molar-refractivity contribution in [3.63, 3.8) is 0 Å². The first kappa shape index (κ1) is 22.5. The van der Waals surface area contributed by atoms with Gasteiger partial charge in [-0.05, 0) is 50.6 Å². The molecule has 3 rings (SSSR count). The summed E-state index contributed by atoms with van der Waals surface area (Å²) in [5.41, 5.74) is 1.53. The first-order valence-corrected chi connectivity index (χ1v) is 10.6. The highest BCUT2D eigenvalue weighted by Gasteiger charge is 2.16. The predicted octanol–water partition coefficient (Wildman–Crippen LogP) is 4.19. The summed E-state index contributed by atoms with van der Waals surface area (Å²) in [5, 5.41) is 18.0. The smallest absolute Gasteiger partial charge is 0.191 e. The Labute approximate surface area is 183 Å². The number of nitrogens with zero attached hydrogens (tertiary/aromatic N) is 1. The molecular weight excluding hydrogens is 394 g/mol. The number of hydrogen-bond donors (Lipinski definition) is 3. The van der Waals surface area contributed by atoms with Crippen LogP contribution in [0.4, 0.5) is 0 Å². The van der Waals surface area contributed by atoms with Crippen LogP contribution in [0.1, 0.15) is 44.2 Å². The Morgan fingerprint density at radius 2 is 1.94 bits per heavy atom. The van der Waals surface area contributed by atoms with Crippen molar-refractivity contribution in [1.29, 1.82) is 0 Å². The van der Waals surface area contributed by atoms with E-state index in [-0.39, 0.29) is 12.6 Å². The molecule has 0 fully saturated rings. The van der Waals surface area contributed by atoms with Gasteiger partial charge in [-0.2, -0.15) is 0 Å². The van der Waals surface area contributed by atoms with Gasteiger partial charge in [0.05, 0.1) is 32.4 Å². The maximum absolute atomic E-state index is 10.5. The third-order valence-electron chi connectivity index (χ3n) is 4.87. The highest BCUT2D eigenvalue weighted by atomic mass is 16.5. The molecule has 0 bridgehead atoms. The minimum absolute atomic E-state index is 0.127. The van der Waals surface area contributed by atoms with Crippen LogP contribution < -0.4 is 20.1 Å². The molecule has 2 unspecified atom stereocenters. The normalized spacial score (nSPS) is 13.6. The summed E-state index contributed by atoms with van der Waals surface area (Å²) in [6.45, 7) is 7.46. The topological polar surface area (TPSA) is 88.3 Å². The van der Waals surface area contributed by atoms with E-state index in [2.05, 4.69) is 15.6 Å². The van der Waals surface area contributed by atoms with Crippen molar-refractivity contribution in [3.8, 4) is 11.5 Å². The van der Waals surface area contributed by atoms with Gasteiger partial charge in [-0.25, -0.2) is 0 Å². The van der Waals surface area contributed by atoms with Crippen molar-refractivity contribution in [1.82, 2.24) is 10.6 Å². The Hall–Kier alpha value is -3.19. The molecule has 0 amide bonds. The van der Waals surface area contributed by atoms with Crippen molar-refractivity contribution < 1.29 is 19.0 Å². The molecule has 0 aliphatic heterocycles. The number of aliphatic imine (C=N–C) groups is 1. The quantitative estimate of drug-likeness (QED) is 0.352. The highest BCUT2D eigenvalue weighted by molar-refractivity contribution is 5.84. The second-order valence-electron chi connectivity index (χ2n) is 7.13. The van der Waals surface area contributed by atoms with Gasteiger partial charge in [-0.15, -0.1) is 0 Å². The standard InChI is InChI=1S/C24H31N3O4/c1-5-25-24(26-15-20(28)17-10-12-19(29-4)13-11-17)27-16(3)22-14-18-8-7-9-21(30-6-2)23(18)31-22/h7-14,16,20,28H,5-6,15H2,1-4H3,(H2,25,26,27). The third kappa shape index (κ3) is 5.70. The average Bonchev–Trinajstić information content (AvgIpc) is 3.23. The molecule has 0 aliphatic rings. The number of hydrogen-bond acceptors (Lipinski definition) is 5. The zero-order valence-electron chi connectivity index (χ0n) is 18.5. The molecule has 3 N–H and O–H groups in total. The minimum atomic E-state index is -0.711. The first-order chi connectivity index (χ1) is 15.0. The number of aliphatic hydroxyl groups excluding tert-OH is 1. The molecule has 3 aromatic rings. The van der Waals surface area contributed by atoms with Crippen LogP contribution in [0.3, 0.4) is 0 Å². The Balaban J connectivity index is 1.71. The number of fused-ring (bicyclic) bond motifs is 1. The predicted molar refractivity (Wildman–Crippen MR) is 123 cm³/mol. The number of para-hydroxylation sites is 1. The zero-order valence-corrected chi connectivity index (χ0v) is 18.5. The fourth-order valence-corrected chi connectivity index (χ4v) is 3.24. The lowest BCUT2D eigenvalue weighted by Gasteiger charge is -2.17. The lowest BCUT2D eigenvalue weighted by Crippen LogP contribution is -2.39. The molecule has 2 aromatic carbocycles. The van der Waals surface area contributed by atoms with Gasteiger partial charge in [0.25, 0.3) is 0 Å². The number of nitrogens with one attached hydrogen (secondary N) is 2. The summed E-state index contributed by atoms with van der Waals surface area (Å²) in [4.78, 5) is 4.55. The van der Waals surface area contributed by atoms with Crippen LogP contribution in [0.2, 0.25) is 0 Å². The largest absolute Gasteiger partial charge is 0.497 e. The molecule has 0 spiro atoms. The molecule has 2 atom stereocenters. The van der Waals surface area contributed by atoms with E-state index in [0.29, 0.717) is 19.1 Å². The van der Waals surface area contributed by atoms with E-state index in [0.717, 1.165) is 33.8 Å². The molecule has 7 nitrogen and oxygen atoms in total. The van der Waals surface area contributed by atoms with E-state index in [1.165, 1.54) is 0 Å². The second-order valence-corrected chi connectivity index (χ2v) is 7.13. The van der Waals surface area contributed by atoms with Crippen molar-refractivity contribution in [2.75, 3.05) is 26.8 Å². The van der Waals surface area contributed by atoms with Crippen molar-refractivity contribution >= 4 is 16.9 Å². The molecule has 0 saturated heterocycles. The van der Waals surface area contributed by atoms with Crippen molar-refractivity contribution in [2.24, 2.45) is 4.99 Å². The van der Waals surface area contributed by atoms with Crippen molar-refractivity contribution in [2.45, 2.75) is 32.9 Å². The summed E-state index contributed by atoms with van der Waals surface area (Å²) in [5.74, 6) is 2.87. The Morgan fingerprint density at radius 3 is 2.61 bits per heavy atom. The van der Waals surface area contributed by atoms with Gasteiger partial charge >= 0.3 is 0 Å². The van der Waals surface area contributed by atoms with Crippen molar-refractivity contribution in [3.05, 3.63) is 59.9 Å². The molecule has 7 heteroatoms. The maximum atomic E-state index is 10.5. The molecule has 1 heterocycles. The number of aliphatic hydroxyl groups is 1. The van der Waals surface area contributed by atoms with Gasteiger partial charge < -0.3 is 29.6 Å². The maximum Gasteiger partial charge on any atom is 0.191 e. The van der Waals surface area contributed by atoms with Crippen LogP contribution in [0.25, 0.3) is 11.0 Å². The lowest BCUT2D eigenvalue weighted by molar-refractivity contribution is 0.187. The number of benzene rings is 2. The van der Waals surface area contributed by atoms with E-state index in [4.69, 9.17) is 13.9 Å². The van der Waals surface area contributed by atoms with Crippen LogP contribution in [-0.2, 0) is 0 Å². The summed E-state index contributed by atoms with van der Waals surface area (Å²) in [6, 6.07) is 15.1. The van der Waals surface area contributed by atoms with Gasteiger partial charge in [0, 0.05) is 11.9 Å². The van der Waals surface area contributed by atoms with Gasteiger partial charge in [0.2, 0.25) is 0 Å². The number of rotatable bonds is 9.